The van der Waals surface area contributed by atoms with E-state index >= 15 is 0 Å². The van der Waals surface area contributed by atoms with Crippen LogP contribution in [0.2, 0.25) is 0 Å². The monoisotopic (exact) mass is 278 g/mol. The third kappa shape index (κ3) is 2.12. The number of hydrogen-bond donors (Lipinski definition) is 0. The normalized spacial score (nSPS) is 11.2. The van der Waals surface area contributed by atoms with Crippen LogP contribution < -0.4 is 0 Å². The number of aldehydes is 1. The second-order valence-electron chi connectivity index (χ2n) is 2.77. The van der Waals surface area contributed by atoms with Crippen molar-refractivity contribution in [3.63, 3.8) is 0 Å². The molecule has 0 atom stereocenters. The molecule has 1 aromatic rings. The number of allylic oxidation sites excluding steroid dienone is 1. The summed E-state index contributed by atoms with van der Waals surface area (Å²) in [5.74, 6) is -4.72. The molecule has 1 aromatic carbocycles. The van der Waals surface area contributed by atoms with Crippen LogP contribution in [0.5, 0.6) is 0 Å². The van der Waals surface area contributed by atoms with Gasteiger partial charge in [0.15, 0.2) is 6.29 Å². The Hall–Kier alpha value is -1.10. The summed E-state index contributed by atoms with van der Waals surface area (Å²) in [7, 11) is 0. The van der Waals surface area contributed by atoms with Crippen LogP contribution in [0.25, 0.3) is 0 Å². The van der Waals surface area contributed by atoms with Crippen molar-refractivity contribution in [3.8, 4) is 0 Å². The van der Waals surface area contributed by atoms with Crippen molar-refractivity contribution in [3.05, 3.63) is 46.2 Å². The van der Waals surface area contributed by atoms with Crippen LogP contribution in [-0.2, 0) is 5.92 Å². The molecule has 0 aliphatic heterocycles. The van der Waals surface area contributed by atoms with Gasteiger partial charge in [-0.3, -0.25) is 4.79 Å². The molecule has 0 aromatic heterocycles. The third-order valence-electron chi connectivity index (χ3n) is 1.86. The van der Waals surface area contributed by atoms with Crippen molar-refractivity contribution >= 4 is 22.2 Å². The van der Waals surface area contributed by atoms with E-state index in [1.807, 2.05) is 0 Å². The summed E-state index contributed by atoms with van der Waals surface area (Å²) in [6.45, 7) is 2.91. The summed E-state index contributed by atoms with van der Waals surface area (Å²) in [5.41, 5.74) is -1.28. The molecule has 80 valence electrons. The molecule has 0 heterocycles. The number of benzene rings is 1. The fraction of sp³-hybridized carbons (Fsp3) is 0.100. The van der Waals surface area contributed by atoms with E-state index in [1.165, 1.54) is 6.07 Å². The minimum atomic E-state index is -3.48. The van der Waals surface area contributed by atoms with E-state index < -0.39 is 22.9 Å². The second kappa shape index (κ2) is 4.18. The van der Waals surface area contributed by atoms with E-state index in [9.17, 15) is 18.0 Å². The predicted octanol–water partition coefficient (Wildman–Crippen LogP) is 3.68. The topological polar surface area (TPSA) is 17.1 Å². The first-order valence-corrected chi connectivity index (χ1v) is 4.68. The average Bonchev–Trinajstić information content (AvgIpc) is 2.18. The molecule has 0 fully saturated rings. The van der Waals surface area contributed by atoms with Crippen molar-refractivity contribution < 1.29 is 18.0 Å². The summed E-state index contributed by atoms with van der Waals surface area (Å²) in [6.07, 6.45) is 0.510. The highest BCUT2D eigenvalue weighted by atomic mass is 79.9. The van der Waals surface area contributed by atoms with E-state index in [2.05, 4.69) is 22.5 Å². The smallest absolute Gasteiger partial charge is 0.294 e. The maximum Gasteiger partial charge on any atom is 0.294 e. The Bertz CT molecular complexity index is 415. The van der Waals surface area contributed by atoms with Gasteiger partial charge in [-0.05, 0) is 34.1 Å². The van der Waals surface area contributed by atoms with Crippen LogP contribution >= 0.6 is 15.9 Å². The zero-order valence-electron chi connectivity index (χ0n) is 7.44. The summed E-state index contributed by atoms with van der Waals surface area (Å²) in [4.78, 5) is 10.5. The first-order valence-electron chi connectivity index (χ1n) is 3.89. The van der Waals surface area contributed by atoms with Crippen LogP contribution in [-0.4, -0.2) is 6.29 Å². The van der Waals surface area contributed by atoms with Gasteiger partial charge in [0.2, 0.25) is 0 Å². The number of hydrogen-bond acceptors (Lipinski definition) is 1. The summed E-state index contributed by atoms with van der Waals surface area (Å²) in [6, 6.07) is 2.10. The summed E-state index contributed by atoms with van der Waals surface area (Å²) in [5, 5.41) is 0. The van der Waals surface area contributed by atoms with Crippen LogP contribution in [0, 0.1) is 5.82 Å². The Kier molecular flexibility index (Phi) is 3.34. The van der Waals surface area contributed by atoms with Gasteiger partial charge in [0.25, 0.3) is 5.92 Å². The molecule has 0 spiro atoms. The molecule has 1 nitrogen and oxygen atoms in total. The van der Waals surface area contributed by atoms with E-state index in [4.69, 9.17) is 0 Å². The van der Waals surface area contributed by atoms with Gasteiger partial charge in [-0.25, -0.2) is 4.39 Å². The van der Waals surface area contributed by atoms with Crippen molar-refractivity contribution in [2.24, 2.45) is 0 Å². The molecule has 0 aliphatic carbocycles. The first kappa shape index (κ1) is 12.0. The Balaban J connectivity index is 3.46. The highest BCUT2D eigenvalue weighted by Gasteiger charge is 2.32. The van der Waals surface area contributed by atoms with Crippen molar-refractivity contribution in [1.82, 2.24) is 0 Å². The SMILES string of the molecule is C=CC(F)(F)c1ccc(Br)c(C=O)c1F. The number of rotatable bonds is 3. The molecule has 15 heavy (non-hydrogen) atoms. The van der Waals surface area contributed by atoms with Crippen LogP contribution in [0.15, 0.2) is 29.3 Å². The average molecular weight is 279 g/mol. The number of carbonyl (C=O) groups is 1. The third-order valence-corrected chi connectivity index (χ3v) is 2.55. The van der Waals surface area contributed by atoms with E-state index in [0.29, 0.717) is 6.08 Å². The van der Waals surface area contributed by atoms with Crippen LogP contribution in [0.4, 0.5) is 13.2 Å². The van der Waals surface area contributed by atoms with Crippen molar-refractivity contribution in [2.75, 3.05) is 0 Å². The molecule has 0 N–H and O–H groups in total. The zero-order chi connectivity index (χ0) is 11.6. The lowest BCUT2D eigenvalue weighted by atomic mass is 10.0. The fourth-order valence-corrected chi connectivity index (χ4v) is 1.44. The standard InChI is InChI=1S/C10H6BrF3O/c1-2-10(13,14)7-3-4-8(11)6(5-15)9(7)12/h2-5H,1H2. The highest BCUT2D eigenvalue weighted by molar-refractivity contribution is 9.10. The molecule has 5 heteroatoms. The Morgan fingerprint density at radius 3 is 2.47 bits per heavy atom. The molecule has 0 saturated carbocycles. The molecule has 0 radical (unpaired) electrons. The molecule has 0 amide bonds. The highest BCUT2D eigenvalue weighted by Crippen LogP contribution is 2.33. The van der Waals surface area contributed by atoms with E-state index in [1.54, 1.807) is 0 Å². The van der Waals surface area contributed by atoms with E-state index in [0.717, 1.165) is 6.07 Å². The molecule has 0 unspecified atom stereocenters. The van der Waals surface area contributed by atoms with Crippen molar-refractivity contribution in [1.29, 1.82) is 0 Å². The van der Waals surface area contributed by atoms with Crippen LogP contribution in [0.3, 0.4) is 0 Å². The van der Waals surface area contributed by atoms with Gasteiger partial charge in [-0.2, -0.15) is 8.78 Å². The van der Waals surface area contributed by atoms with Gasteiger partial charge in [0.1, 0.15) is 5.82 Å². The zero-order valence-corrected chi connectivity index (χ0v) is 9.02. The van der Waals surface area contributed by atoms with Gasteiger partial charge in [-0.15, -0.1) is 0 Å². The van der Waals surface area contributed by atoms with E-state index in [-0.39, 0.29) is 10.8 Å². The lowest BCUT2D eigenvalue weighted by Gasteiger charge is -2.13. The molecule has 0 saturated heterocycles. The molecule has 1 rings (SSSR count). The Labute approximate surface area is 92.7 Å². The lowest BCUT2D eigenvalue weighted by Crippen LogP contribution is -2.13. The second-order valence-corrected chi connectivity index (χ2v) is 3.62. The van der Waals surface area contributed by atoms with Gasteiger partial charge in [-0.1, -0.05) is 6.58 Å². The van der Waals surface area contributed by atoms with Crippen LogP contribution in [0.1, 0.15) is 15.9 Å². The number of carbonyl (C=O) groups excluding carboxylic acids is 1. The maximum atomic E-state index is 13.4. The minimum Gasteiger partial charge on any atom is -0.298 e. The largest absolute Gasteiger partial charge is 0.298 e. The minimum absolute atomic E-state index is 0.138. The Morgan fingerprint density at radius 1 is 1.40 bits per heavy atom. The maximum absolute atomic E-state index is 13.4. The number of halogens is 4. The van der Waals surface area contributed by atoms with Gasteiger partial charge >= 0.3 is 0 Å². The van der Waals surface area contributed by atoms with Gasteiger partial charge in [0, 0.05) is 4.47 Å². The summed E-state index contributed by atoms with van der Waals surface area (Å²) >= 11 is 2.89. The first-order chi connectivity index (χ1) is 6.94. The fourth-order valence-electron chi connectivity index (χ4n) is 1.04. The molecule has 0 bridgehead atoms. The van der Waals surface area contributed by atoms with Gasteiger partial charge in [0.05, 0.1) is 11.1 Å². The molecule has 0 aliphatic rings. The Morgan fingerprint density at radius 2 is 2.00 bits per heavy atom. The van der Waals surface area contributed by atoms with Crippen molar-refractivity contribution in [2.45, 2.75) is 5.92 Å². The lowest BCUT2D eigenvalue weighted by molar-refractivity contribution is 0.0483. The van der Waals surface area contributed by atoms with Gasteiger partial charge < -0.3 is 0 Å². The predicted molar refractivity (Wildman–Crippen MR) is 53.6 cm³/mol. The number of alkyl halides is 2. The summed E-state index contributed by atoms with van der Waals surface area (Å²) < 4.78 is 39.8. The molecular formula is C10H6BrF3O. The quantitative estimate of drug-likeness (QED) is 0.609. The molecular weight excluding hydrogens is 273 g/mol.